The number of nitrogens with one attached hydrogen (secondary N) is 1. The summed E-state index contributed by atoms with van der Waals surface area (Å²) in [5.41, 5.74) is 2.99. The fraction of sp³-hybridized carbons (Fsp3) is 0.650. The normalized spacial score (nSPS) is 16.5. The van der Waals surface area contributed by atoms with Crippen molar-refractivity contribution in [2.75, 3.05) is 18.1 Å². The number of nitrogens with zero attached hydrogens (tertiary/aromatic N) is 1. The number of hydrogen-bond donors (Lipinski definition) is 1. The average molecular weight is 381 g/mol. The Morgan fingerprint density at radius 2 is 1.85 bits per heavy atom. The van der Waals surface area contributed by atoms with Crippen molar-refractivity contribution in [1.29, 1.82) is 0 Å². The van der Waals surface area contributed by atoms with Gasteiger partial charge in [0.15, 0.2) is 0 Å². The van der Waals surface area contributed by atoms with E-state index in [-0.39, 0.29) is 24.9 Å². The van der Waals surface area contributed by atoms with Gasteiger partial charge in [0, 0.05) is 24.7 Å². The van der Waals surface area contributed by atoms with Gasteiger partial charge in [-0.3, -0.25) is 4.79 Å². The molecule has 0 unspecified atom stereocenters. The van der Waals surface area contributed by atoms with Crippen molar-refractivity contribution in [3.05, 3.63) is 29.3 Å². The van der Waals surface area contributed by atoms with Gasteiger partial charge < -0.3 is 5.32 Å². The maximum absolute atomic E-state index is 12.5. The number of carbonyl (C=O) groups excluding carboxylic acids is 1. The van der Waals surface area contributed by atoms with E-state index in [1.54, 1.807) is 4.31 Å². The molecule has 1 aromatic rings. The molecule has 0 aromatic heterocycles. The summed E-state index contributed by atoms with van der Waals surface area (Å²) in [5.74, 6) is -0.128. The van der Waals surface area contributed by atoms with Crippen molar-refractivity contribution in [3.8, 4) is 0 Å². The van der Waals surface area contributed by atoms with Crippen LogP contribution in [0.2, 0.25) is 0 Å². The van der Waals surface area contributed by atoms with Crippen LogP contribution in [0, 0.1) is 6.92 Å². The van der Waals surface area contributed by atoms with Crippen LogP contribution in [0.1, 0.15) is 63.0 Å². The van der Waals surface area contributed by atoms with Crippen molar-refractivity contribution in [2.24, 2.45) is 0 Å². The van der Waals surface area contributed by atoms with E-state index in [9.17, 15) is 13.2 Å². The highest BCUT2D eigenvalue weighted by atomic mass is 32.2. The summed E-state index contributed by atoms with van der Waals surface area (Å²) in [6, 6.07) is 6.01. The Hall–Kier alpha value is -1.40. The lowest BCUT2D eigenvalue weighted by molar-refractivity contribution is -0.116. The second-order valence-electron chi connectivity index (χ2n) is 7.28. The molecule has 146 valence electrons. The van der Waals surface area contributed by atoms with Gasteiger partial charge in [-0.2, -0.15) is 4.31 Å². The largest absolute Gasteiger partial charge is 0.326 e. The van der Waals surface area contributed by atoms with Gasteiger partial charge in [-0.25, -0.2) is 8.42 Å². The molecule has 1 aliphatic rings. The molecule has 1 N–H and O–H groups in total. The fourth-order valence-corrected chi connectivity index (χ4v) is 4.96. The molecule has 0 spiro atoms. The SMILES string of the molecule is CCc1cccc(C)c1NC(=O)CCN(C1CCCCCC1)S(C)(=O)=O. The molecule has 0 atom stereocenters. The van der Waals surface area contributed by atoms with Crippen LogP contribution >= 0.6 is 0 Å². The molecule has 1 fully saturated rings. The molecule has 0 saturated heterocycles. The van der Waals surface area contributed by atoms with Crippen molar-refractivity contribution in [3.63, 3.8) is 0 Å². The van der Waals surface area contributed by atoms with Gasteiger partial charge >= 0.3 is 0 Å². The lowest BCUT2D eigenvalue weighted by atomic mass is 10.1. The molecule has 0 radical (unpaired) electrons. The van der Waals surface area contributed by atoms with Gasteiger partial charge in [0.2, 0.25) is 15.9 Å². The highest BCUT2D eigenvalue weighted by Crippen LogP contribution is 2.25. The Labute approximate surface area is 158 Å². The zero-order valence-corrected chi connectivity index (χ0v) is 17.1. The second-order valence-corrected chi connectivity index (χ2v) is 9.21. The van der Waals surface area contributed by atoms with Gasteiger partial charge in [-0.15, -0.1) is 0 Å². The van der Waals surface area contributed by atoms with Gasteiger partial charge in [0.25, 0.3) is 0 Å². The summed E-state index contributed by atoms with van der Waals surface area (Å²) in [6.45, 7) is 4.29. The van der Waals surface area contributed by atoms with Gasteiger partial charge in [-0.05, 0) is 37.3 Å². The van der Waals surface area contributed by atoms with Crippen LogP contribution in [0.5, 0.6) is 0 Å². The van der Waals surface area contributed by atoms with Gasteiger partial charge in [0.05, 0.1) is 6.26 Å². The van der Waals surface area contributed by atoms with E-state index in [4.69, 9.17) is 0 Å². The van der Waals surface area contributed by atoms with Crippen LogP contribution in [0.4, 0.5) is 5.69 Å². The van der Waals surface area contributed by atoms with Crippen LogP contribution in [-0.2, 0) is 21.2 Å². The minimum atomic E-state index is -3.32. The molecule has 1 aromatic carbocycles. The van der Waals surface area contributed by atoms with E-state index in [1.807, 2.05) is 25.1 Å². The van der Waals surface area contributed by atoms with Crippen LogP contribution < -0.4 is 5.32 Å². The fourth-order valence-electron chi connectivity index (χ4n) is 3.78. The van der Waals surface area contributed by atoms with Gasteiger partial charge in [-0.1, -0.05) is 50.8 Å². The minimum absolute atomic E-state index is 0.0324. The zero-order chi connectivity index (χ0) is 19.2. The van der Waals surface area contributed by atoms with Crippen molar-refractivity contribution in [1.82, 2.24) is 4.31 Å². The molecule has 2 rings (SSSR count). The first kappa shape index (κ1) is 20.9. The molecular weight excluding hydrogens is 348 g/mol. The van der Waals surface area contributed by atoms with Crippen LogP contribution in [0.15, 0.2) is 18.2 Å². The van der Waals surface area contributed by atoms with E-state index in [0.29, 0.717) is 0 Å². The molecule has 26 heavy (non-hydrogen) atoms. The third kappa shape index (κ3) is 5.81. The third-order valence-electron chi connectivity index (χ3n) is 5.22. The highest BCUT2D eigenvalue weighted by Gasteiger charge is 2.27. The predicted molar refractivity (Wildman–Crippen MR) is 107 cm³/mol. The molecule has 5 nitrogen and oxygen atoms in total. The molecule has 0 aliphatic heterocycles. The van der Waals surface area contributed by atoms with Crippen LogP contribution in [-0.4, -0.2) is 37.5 Å². The highest BCUT2D eigenvalue weighted by molar-refractivity contribution is 7.88. The number of sulfonamides is 1. The summed E-state index contributed by atoms with van der Waals surface area (Å²) in [7, 11) is -3.32. The number of aryl methyl sites for hydroxylation is 2. The topological polar surface area (TPSA) is 66.5 Å². The lowest BCUT2D eigenvalue weighted by Gasteiger charge is -2.28. The molecule has 1 aliphatic carbocycles. The molecule has 1 amide bonds. The number of amides is 1. The molecule has 0 bridgehead atoms. The second kappa shape index (κ2) is 9.51. The van der Waals surface area contributed by atoms with Crippen molar-refractivity contribution in [2.45, 2.75) is 71.3 Å². The molecular formula is C20H32N2O3S. The Bertz CT molecular complexity index is 708. The Morgan fingerprint density at radius 1 is 1.19 bits per heavy atom. The van der Waals surface area contributed by atoms with E-state index in [2.05, 4.69) is 12.2 Å². The summed E-state index contributed by atoms with van der Waals surface area (Å²) in [5, 5.41) is 2.99. The number of benzene rings is 1. The number of rotatable bonds is 7. The smallest absolute Gasteiger partial charge is 0.225 e. The van der Waals surface area contributed by atoms with E-state index in [1.165, 1.54) is 19.1 Å². The summed E-state index contributed by atoms with van der Waals surface area (Å²) < 4.78 is 26.1. The number of anilines is 1. The van der Waals surface area contributed by atoms with Crippen LogP contribution in [0.25, 0.3) is 0 Å². The minimum Gasteiger partial charge on any atom is -0.326 e. The van der Waals surface area contributed by atoms with E-state index < -0.39 is 10.0 Å². The molecule has 1 saturated carbocycles. The Kier molecular flexibility index (Phi) is 7.65. The lowest BCUT2D eigenvalue weighted by Crippen LogP contribution is -2.41. The summed E-state index contributed by atoms with van der Waals surface area (Å²) >= 11 is 0. The first-order valence-electron chi connectivity index (χ1n) is 9.68. The standard InChI is InChI=1S/C20H32N2O3S/c1-4-17-11-9-10-16(2)20(17)21-19(23)14-15-22(26(3,24)25)18-12-7-5-6-8-13-18/h9-11,18H,4-8,12-15H2,1-3H3,(H,21,23). The van der Waals surface area contributed by atoms with Crippen LogP contribution in [0.3, 0.4) is 0 Å². The molecule has 6 heteroatoms. The summed E-state index contributed by atoms with van der Waals surface area (Å²) in [6.07, 6.45) is 8.53. The maximum Gasteiger partial charge on any atom is 0.225 e. The number of para-hydroxylation sites is 1. The van der Waals surface area contributed by atoms with Crippen molar-refractivity contribution >= 4 is 21.6 Å². The monoisotopic (exact) mass is 380 g/mol. The van der Waals surface area contributed by atoms with Gasteiger partial charge in [0.1, 0.15) is 0 Å². The van der Waals surface area contributed by atoms with Crippen molar-refractivity contribution < 1.29 is 13.2 Å². The number of carbonyl (C=O) groups is 1. The Balaban J connectivity index is 2.03. The zero-order valence-electron chi connectivity index (χ0n) is 16.3. The third-order valence-corrected chi connectivity index (χ3v) is 6.55. The summed E-state index contributed by atoms with van der Waals surface area (Å²) in [4.78, 5) is 12.5. The maximum atomic E-state index is 12.5. The van der Waals surface area contributed by atoms with E-state index >= 15 is 0 Å². The first-order valence-corrected chi connectivity index (χ1v) is 11.5. The number of hydrogen-bond acceptors (Lipinski definition) is 3. The quantitative estimate of drug-likeness (QED) is 0.730. The predicted octanol–water partition coefficient (Wildman–Crippen LogP) is 3.87. The van der Waals surface area contributed by atoms with E-state index in [0.717, 1.165) is 48.9 Å². The Morgan fingerprint density at radius 3 is 2.42 bits per heavy atom. The first-order chi connectivity index (χ1) is 12.3. The average Bonchev–Trinajstić information content (AvgIpc) is 2.85. The molecule has 0 heterocycles.